The second-order valence-electron chi connectivity index (χ2n) is 6.32. The van der Waals surface area contributed by atoms with Crippen molar-refractivity contribution in [3.05, 3.63) is 58.1 Å². The first kappa shape index (κ1) is 21.0. The highest BCUT2D eigenvalue weighted by atomic mass is 35.5. The monoisotopic (exact) mass is 424 g/mol. The summed E-state index contributed by atoms with van der Waals surface area (Å²) in [5.74, 6) is 1.29. The summed E-state index contributed by atoms with van der Waals surface area (Å²) in [5.41, 5.74) is 1.48. The van der Waals surface area contributed by atoms with E-state index in [4.69, 9.17) is 27.5 Å². The SMILES string of the molecule is C#CCOc1c(Cl)cc(/C=C2\C(=O)NC(=O)N(c3ccc(C)cc3)C2=O)cc1OC. The molecule has 1 aliphatic heterocycles. The summed E-state index contributed by atoms with van der Waals surface area (Å²) >= 11 is 6.25. The molecule has 152 valence electrons. The van der Waals surface area contributed by atoms with Crippen LogP contribution in [0, 0.1) is 19.3 Å². The van der Waals surface area contributed by atoms with Crippen molar-refractivity contribution in [3.63, 3.8) is 0 Å². The fraction of sp³-hybridized carbons (Fsp3) is 0.136. The zero-order valence-electron chi connectivity index (χ0n) is 16.2. The number of anilines is 1. The van der Waals surface area contributed by atoms with Crippen molar-refractivity contribution in [1.82, 2.24) is 5.32 Å². The molecule has 1 aliphatic rings. The number of ether oxygens (including phenoxy) is 2. The van der Waals surface area contributed by atoms with Gasteiger partial charge in [-0.2, -0.15) is 0 Å². The molecule has 4 amide bonds. The van der Waals surface area contributed by atoms with Crippen LogP contribution in [0.5, 0.6) is 11.5 Å². The van der Waals surface area contributed by atoms with Crippen LogP contribution in [0.4, 0.5) is 10.5 Å². The second-order valence-corrected chi connectivity index (χ2v) is 6.73. The highest BCUT2D eigenvalue weighted by Crippen LogP contribution is 2.37. The van der Waals surface area contributed by atoms with Crippen LogP contribution < -0.4 is 19.7 Å². The fourth-order valence-electron chi connectivity index (χ4n) is 2.83. The largest absolute Gasteiger partial charge is 0.493 e. The minimum atomic E-state index is -0.820. The number of barbiturate groups is 1. The van der Waals surface area contributed by atoms with Gasteiger partial charge in [0.15, 0.2) is 11.5 Å². The molecule has 0 atom stereocenters. The lowest BCUT2D eigenvalue weighted by Gasteiger charge is -2.26. The van der Waals surface area contributed by atoms with Crippen molar-refractivity contribution in [3.8, 4) is 23.8 Å². The minimum Gasteiger partial charge on any atom is -0.493 e. The van der Waals surface area contributed by atoms with Crippen LogP contribution in [0.25, 0.3) is 6.08 Å². The van der Waals surface area contributed by atoms with Gasteiger partial charge in [0.1, 0.15) is 12.2 Å². The van der Waals surface area contributed by atoms with E-state index in [1.54, 1.807) is 24.3 Å². The molecule has 1 N–H and O–H groups in total. The average molecular weight is 425 g/mol. The van der Waals surface area contributed by atoms with Crippen molar-refractivity contribution in [2.75, 3.05) is 18.6 Å². The molecule has 0 unspecified atom stereocenters. The Morgan fingerprint density at radius 1 is 1.20 bits per heavy atom. The summed E-state index contributed by atoms with van der Waals surface area (Å²) in [4.78, 5) is 38.5. The zero-order chi connectivity index (χ0) is 21.8. The quantitative estimate of drug-likeness (QED) is 0.452. The smallest absolute Gasteiger partial charge is 0.335 e. The van der Waals surface area contributed by atoms with Gasteiger partial charge in [-0.1, -0.05) is 35.2 Å². The van der Waals surface area contributed by atoms with Crippen molar-refractivity contribution < 1.29 is 23.9 Å². The number of urea groups is 1. The van der Waals surface area contributed by atoms with Gasteiger partial charge in [-0.15, -0.1) is 6.42 Å². The van der Waals surface area contributed by atoms with Crippen molar-refractivity contribution >= 4 is 41.2 Å². The highest BCUT2D eigenvalue weighted by molar-refractivity contribution is 6.39. The third-order valence-electron chi connectivity index (χ3n) is 4.26. The Hall–Kier alpha value is -3.76. The number of nitrogens with one attached hydrogen (secondary N) is 1. The Balaban J connectivity index is 2.01. The van der Waals surface area contributed by atoms with Gasteiger partial charge in [0.2, 0.25) is 0 Å². The van der Waals surface area contributed by atoms with Crippen LogP contribution in [0.15, 0.2) is 42.0 Å². The lowest BCUT2D eigenvalue weighted by molar-refractivity contribution is -0.122. The molecule has 0 spiro atoms. The van der Waals surface area contributed by atoms with Crippen LogP contribution >= 0.6 is 11.6 Å². The number of aryl methyl sites for hydroxylation is 1. The van der Waals surface area contributed by atoms with E-state index in [9.17, 15) is 14.4 Å². The number of hydrogen-bond donors (Lipinski definition) is 1. The summed E-state index contributed by atoms with van der Waals surface area (Å²) in [7, 11) is 1.42. The predicted molar refractivity (Wildman–Crippen MR) is 113 cm³/mol. The fourth-order valence-corrected chi connectivity index (χ4v) is 3.10. The lowest BCUT2D eigenvalue weighted by Crippen LogP contribution is -2.54. The third kappa shape index (κ3) is 4.14. The van der Waals surface area contributed by atoms with E-state index in [0.29, 0.717) is 11.3 Å². The maximum absolute atomic E-state index is 12.9. The van der Waals surface area contributed by atoms with Gasteiger partial charge in [-0.25, -0.2) is 9.69 Å². The molecular weight excluding hydrogens is 408 g/mol. The Morgan fingerprint density at radius 3 is 2.53 bits per heavy atom. The first-order valence-electron chi connectivity index (χ1n) is 8.77. The van der Waals surface area contributed by atoms with Crippen LogP contribution in [0.1, 0.15) is 11.1 Å². The van der Waals surface area contributed by atoms with Gasteiger partial charge >= 0.3 is 6.03 Å². The molecule has 1 saturated heterocycles. The Kier molecular flexibility index (Phi) is 6.09. The number of terminal acetylenes is 1. The van der Waals surface area contributed by atoms with Gasteiger partial charge in [0, 0.05) is 0 Å². The summed E-state index contributed by atoms with van der Waals surface area (Å²) in [5, 5.41) is 2.36. The van der Waals surface area contributed by atoms with E-state index in [1.807, 2.05) is 6.92 Å². The highest BCUT2D eigenvalue weighted by Gasteiger charge is 2.36. The maximum atomic E-state index is 12.9. The molecule has 0 bridgehead atoms. The first-order valence-corrected chi connectivity index (χ1v) is 9.15. The average Bonchev–Trinajstić information content (AvgIpc) is 2.71. The Morgan fingerprint density at radius 2 is 1.90 bits per heavy atom. The first-order chi connectivity index (χ1) is 14.3. The Bertz CT molecular complexity index is 1100. The number of carbonyl (C=O) groups excluding carboxylic acids is 3. The summed E-state index contributed by atoms with van der Waals surface area (Å²) in [6, 6.07) is 8.98. The molecule has 0 radical (unpaired) electrons. The molecule has 30 heavy (non-hydrogen) atoms. The number of hydrogen-bond acceptors (Lipinski definition) is 5. The van der Waals surface area contributed by atoms with E-state index in [1.165, 1.54) is 25.3 Å². The van der Waals surface area contributed by atoms with Crippen molar-refractivity contribution in [2.24, 2.45) is 0 Å². The lowest BCUT2D eigenvalue weighted by atomic mass is 10.1. The van der Waals surface area contributed by atoms with Gasteiger partial charge in [0.05, 0.1) is 17.8 Å². The molecule has 2 aromatic carbocycles. The van der Waals surface area contributed by atoms with Crippen molar-refractivity contribution in [1.29, 1.82) is 0 Å². The van der Waals surface area contributed by atoms with Gasteiger partial charge in [-0.3, -0.25) is 14.9 Å². The number of benzene rings is 2. The van der Waals surface area contributed by atoms with Crippen LogP contribution in [0.3, 0.4) is 0 Å². The number of nitrogens with zero attached hydrogens (tertiary/aromatic N) is 1. The molecule has 0 aliphatic carbocycles. The number of methoxy groups -OCH3 is 1. The van der Waals surface area contributed by atoms with E-state index in [2.05, 4.69) is 11.2 Å². The van der Waals surface area contributed by atoms with E-state index < -0.39 is 17.8 Å². The molecule has 8 heteroatoms. The molecule has 1 fully saturated rings. The van der Waals surface area contributed by atoms with E-state index in [0.717, 1.165) is 10.5 Å². The van der Waals surface area contributed by atoms with Crippen LogP contribution in [-0.4, -0.2) is 31.6 Å². The van der Waals surface area contributed by atoms with Crippen LogP contribution in [0.2, 0.25) is 5.02 Å². The van der Waals surface area contributed by atoms with Crippen molar-refractivity contribution in [2.45, 2.75) is 6.92 Å². The molecule has 1 heterocycles. The second kappa shape index (κ2) is 8.72. The molecule has 0 saturated carbocycles. The molecule has 2 aromatic rings. The number of carbonyl (C=O) groups is 3. The van der Waals surface area contributed by atoms with E-state index in [-0.39, 0.29) is 28.7 Å². The predicted octanol–water partition coefficient (Wildman–Crippen LogP) is 3.34. The zero-order valence-corrected chi connectivity index (χ0v) is 16.9. The molecule has 7 nitrogen and oxygen atoms in total. The Labute approximate surface area is 178 Å². The molecule has 3 rings (SSSR count). The third-order valence-corrected chi connectivity index (χ3v) is 4.54. The number of imide groups is 2. The van der Waals surface area contributed by atoms with Gasteiger partial charge in [-0.05, 0) is 42.8 Å². The van der Waals surface area contributed by atoms with Gasteiger partial charge < -0.3 is 9.47 Å². The minimum absolute atomic E-state index is 0.00890. The normalized spacial score (nSPS) is 15.1. The maximum Gasteiger partial charge on any atom is 0.335 e. The number of rotatable bonds is 5. The number of halogens is 1. The van der Waals surface area contributed by atoms with Crippen LogP contribution in [-0.2, 0) is 9.59 Å². The summed E-state index contributed by atoms with van der Waals surface area (Å²) < 4.78 is 10.6. The summed E-state index contributed by atoms with van der Waals surface area (Å²) in [6.45, 7) is 1.87. The summed E-state index contributed by atoms with van der Waals surface area (Å²) in [6.07, 6.45) is 6.52. The standard InChI is InChI=1S/C22H17ClN2O5/c1-4-9-30-19-17(23)11-14(12-18(19)29-3)10-16-20(26)24-22(28)25(21(16)27)15-7-5-13(2)6-8-15/h1,5-8,10-12H,9H2,2-3H3,(H,24,26,28)/b16-10+. The number of amides is 4. The van der Waals surface area contributed by atoms with Gasteiger partial charge in [0.25, 0.3) is 11.8 Å². The molecular formula is C22H17ClN2O5. The molecule has 0 aromatic heterocycles. The topological polar surface area (TPSA) is 84.9 Å². The van der Waals surface area contributed by atoms with E-state index >= 15 is 0 Å².